The number of nitrogens with zero attached hydrogens (tertiary/aromatic N) is 1. The smallest absolute Gasteiger partial charge is 0.0998 e. The predicted molar refractivity (Wildman–Crippen MR) is 70.2 cm³/mol. The van der Waals surface area contributed by atoms with E-state index >= 15 is 0 Å². The fourth-order valence-electron chi connectivity index (χ4n) is 1.65. The molecule has 0 radical (unpaired) electrons. The van der Waals surface area contributed by atoms with E-state index in [2.05, 4.69) is 22.0 Å². The summed E-state index contributed by atoms with van der Waals surface area (Å²) < 4.78 is 0.893. The van der Waals surface area contributed by atoms with Crippen LogP contribution in [0.3, 0.4) is 0 Å². The van der Waals surface area contributed by atoms with Crippen LogP contribution in [-0.4, -0.2) is 5.11 Å². The average molecular weight is 288 g/mol. The number of aliphatic hydroxyl groups is 1. The van der Waals surface area contributed by atoms with Gasteiger partial charge in [0.05, 0.1) is 18.2 Å². The van der Waals surface area contributed by atoms with Crippen LogP contribution >= 0.6 is 15.9 Å². The zero-order valence-electron chi connectivity index (χ0n) is 9.02. The van der Waals surface area contributed by atoms with Gasteiger partial charge in [0.1, 0.15) is 0 Å². The summed E-state index contributed by atoms with van der Waals surface area (Å²) in [6.45, 7) is 0.0335. The van der Waals surface area contributed by atoms with E-state index in [1.807, 2.05) is 36.4 Å². The third-order valence-electron chi connectivity index (χ3n) is 2.55. The fourth-order valence-corrected chi connectivity index (χ4v) is 2.01. The SMILES string of the molecule is N#Cc1cc(Br)ccc1-c1ccc(CO)cc1. The van der Waals surface area contributed by atoms with Gasteiger partial charge in [0.2, 0.25) is 0 Å². The van der Waals surface area contributed by atoms with E-state index in [0.29, 0.717) is 5.56 Å². The Bertz CT molecular complexity index is 570. The second-order valence-electron chi connectivity index (χ2n) is 3.66. The van der Waals surface area contributed by atoms with Crippen LogP contribution in [0.2, 0.25) is 0 Å². The first-order valence-corrected chi connectivity index (χ1v) is 5.93. The minimum absolute atomic E-state index is 0.0335. The summed E-state index contributed by atoms with van der Waals surface area (Å²) >= 11 is 3.35. The highest BCUT2D eigenvalue weighted by Crippen LogP contribution is 2.26. The lowest BCUT2D eigenvalue weighted by atomic mass is 9.99. The highest BCUT2D eigenvalue weighted by atomic mass is 79.9. The van der Waals surface area contributed by atoms with Crippen molar-refractivity contribution in [3.8, 4) is 17.2 Å². The fraction of sp³-hybridized carbons (Fsp3) is 0.0714. The Balaban J connectivity index is 2.49. The maximum atomic E-state index is 9.09. The number of rotatable bonds is 2. The summed E-state index contributed by atoms with van der Waals surface area (Å²) in [4.78, 5) is 0. The quantitative estimate of drug-likeness (QED) is 0.919. The first kappa shape index (κ1) is 11.8. The Labute approximate surface area is 108 Å². The molecular weight excluding hydrogens is 278 g/mol. The van der Waals surface area contributed by atoms with Crippen LogP contribution in [-0.2, 0) is 6.61 Å². The maximum Gasteiger partial charge on any atom is 0.0998 e. The molecule has 84 valence electrons. The van der Waals surface area contributed by atoms with E-state index in [1.165, 1.54) is 0 Å². The molecule has 0 aromatic heterocycles. The van der Waals surface area contributed by atoms with Gasteiger partial charge < -0.3 is 5.11 Å². The molecule has 0 aliphatic carbocycles. The summed E-state index contributed by atoms with van der Waals surface area (Å²) in [5, 5.41) is 18.1. The van der Waals surface area contributed by atoms with Crippen molar-refractivity contribution in [1.29, 1.82) is 5.26 Å². The molecular formula is C14H10BrNO. The molecule has 2 nitrogen and oxygen atoms in total. The van der Waals surface area contributed by atoms with Gasteiger partial charge in [0, 0.05) is 4.47 Å². The van der Waals surface area contributed by atoms with Gasteiger partial charge in [-0.15, -0.1) is 0 Å². The number of benzene rings is 2. The number of nitriles is 1. The lowest BCUT2D eigenvalue weighted by Gasteiger charge is -2.05. The van der Waals surface area contributed by atoms with Gasteiger partial charge in [-0.3, -0.25) is 0 Å². The Morgan fingerprint density at radius 3 is 2.41 bits per heavy atom. The van der Waals surface area contributed by atoms with E-state index in [-0.39, 0.29) is 6.61 Å². The van der Waals surface area contributed by atoms with Crippen LogP contribution in [0.1, 0.15) is 11.1 Å². The number of hydrogen-bond acceptors (Lipinski definition) is 2. The van der Waals surface area contributed by atoms with Gasteiger partial charge in [0.25, 0.3) is 0 Å². The standard InChI is InChI=1S/C14H10BrNO/c15-13-5-6-14(12(7-13)8-16)11-3-1-10(9-17)2-4-11/h1-7,17H,9H2. The summed E-state index contributed by atoms with van der Waals surface area (Å²) in [6.07, 6.45) is 0. The van der Waals surface area contributed by atoms with E-state index in [4.69, 9.17) is 10.4 Å². The Morgan fingerprint density at radius 2 is 1.82 bits per heavy atom. The van der Waals surface area contributed by atoms with E-state index in [1.54, 1.807) is 6.07 Å². The second-order valence-corrected chi connectivity index (χ2v) is 4.57. The van der Waals surface area contributed by atoms with E-state index < -0.39 is 0 Å². The maximum absolute atomic E-state index is 9.09. The van der Waals surface area contributed by atoms with Gasteiger partial charge in [0.15, 0.2) is 0 Å². The van der Waals surface area contributed by atoms with Crippen LogP contribution in [0.4, 0.5) is 0 Å². The molecule has 2 aromatic carbocycles. The van der Waals surface area contributed by atoms with Crippen molar-refractivity contribution in [2.45, 2.75) is 6.61 Å². The van der Waals surface area contributed by atoms with Crippen molar-refractivity contribution < 1.29 is 5.11 Å². The average Bonchev–Trinajstić information content (AvgIpc) is 2.39. The first-order valence-electron chi connectivity index (χ1n) is 5.14. The molecule has 2 aromatic rings. The lowest BCUT2D eigenvalue weighted by molar-refractivity contribution is 0.282. The van der Waals surface area contributed by atoms with Gasteiger partial charge in [-0.1, -0.05) is 46.3 Å². The normalized spacial score (nSPS) is 9.94. The molecule has 1 N–H and O–H groups in total. The summed E-state index contributed by atoms with van der Waals surface area (Å²) in [5.41, 5.74) is 3.38. The van der Waals surface area contributed by atoms with E-state index in [0.717, 1.165) is 21.2 Å². The van der Waals surface area contributed by atoms with Crippen molar-refractivity contribution >= 4 is 15.9 Å². The van der Waals surface area contributed by atoms with Gasteiger partial charge in [-0.05, 0) is 28.8 Å². The van der Waals surface area contributed by atoms with Crippen LogP contribution < -0.4 is 0 Å². The third-order valence-corrected chi connectivity index (χ3v) is 3.04. The molecule has 3 heteroatoms. The molecule has 0 amide bonds. The minimum atomic E-state index is 0.0335. The molecule has 0 unspecified atom stereocenters. The van der Waals surface area contributed by atoms with Crippen molar-refractivity contribution in [2.24, 2.45) is 0 Å². The highest BCUT2D eigenvalue weighted by molar-refractivity contribution is 9.10. The van der Waals surface area contributed by atoms with Gasteiger partial charge >= 0.3 is 0 Å². The molecule has 0 aliphatic heterocycles. The molecule has 0 saturated carbocycles. The second kappa shape index (κ2) is 5.13. The number of halogens is 1. The molecule has 0 bridgehead atoms. The minimum Gasteiger partial charge on any atom is -0.392 e. The van der Waals surface area contributed by atoms with Crippen LogP contribution in [0.5, 0.6) is 0 Å². The van der Waals surface area contributed by atoms with Crippen molar-refractivity contribution in [3.63, 3.8) is 0 Å². The molecule has 0 atom stereocenters. The molecule has 0 fully saturated rings. The zero-order valence-corrected chi connectivity index (χ0v) is 10.6. The van der Waals surface area contributed by atoms with Crippen LogP contribution in [0.25, 0.3) is 11.1 Å². The molecule has 0 aliphatic rings. The number of aliphatic hydroxyl groups excluding tert-OH is 1. The predicted octanol–water partition coefficient (Wildman–Crippen LogP) is 3.48. The Hall–Kier alpha value is -1.63. The zero-order chi connectivity index (χ0) is 12.3. The first-order chi connectivity index (χ1) is 8.24. The van der Waals surface area contributed by atoms with Crippen molar-refractivity contribution in [3.05, 3.63) is 58.1 Å². The summed E-state index contributed by atoms with van der Waals surface area (Å²) in [5.74, 6) is 0. The van der Waals surface area contributed by atoms with Crippen molar-refractivity contribution in [2.75, 3.05) is 0 Å². The van der Waals surface area contributed by atoms with Crippen LogP contribution in [0, 0.1) is 11.3 Å². The van der Waals surface area contributed by atoms with Crippen molar-refractivity contribution in [1.82, 2.24) is 0 Å². The largest absolute Gasteiger partial charge is 0.392 e. The molecule has 2 rings (SSSR count). The highest BCUT2D eigenvalue weighted by Gasteiger charge is 2.05. The topological polar surface area (TPSA) is 44.0 Å². The molecule has 17 heavy (non-hydrogen) atoms. The summed E-state index contributed by atoms with van der Waals surface area (Å²) in [6, 6.07) is 15.4. The van der Waals surface area contributed by atoms with E-state index in [9.17, 15) is 0 Å². The number of hydrogen-bond donors (Lipinski definition) is 1. The Kier molecular flexibility index (Phi) is 3.58. The Morgan fingerprint density at radius 1 is 1.12 bits per heavy atom. The molecule has 0 saturated heterocycles. The van der Waals surface area contributed by atoms with Gasteiger partial charge in [-0.25, -0.2) is 0 Å². The summed E-state index contributed by atoms with van der Waals surface area (Å²) in [7, 11) is 0. The monoisotopic (exact) mass is 287 g/mol. The lowest BCUT2D eigenvalue weighted by Crippen LogP contribution is -1.86. The molecule has 0 heterocycles. The van der Waals surface area contributed by atoms with Crippen LogP contribution in [0.15, 0.2) is 46.9 Å². The third kappa shape index (κ3) is 2.55. The van der Waals surface area contributed by atoms with Gasteiger partial charge in [-0.2, -0.15) is 5.26 Å². The molecule has 0 spiro atoms.